The third-order valence-electron chi connectivity index (χ3n) is 3.70. The van der Waals surface area contributed by atoms with Crippen LogP contribution in [-0.4, -0.2) is 27.1 Å². The maximum absolute atomic E-state index is 5.80. The highest BCUT2D eigenvalue weighted by atomic mass is 16.5. The Balaban J connectivity index is 1.84. The van der Waals surface area contributed by atoms with Gasteiger partial charge in [-0.05, 0) is 31.5 Å². The number of nitrogens with zero attached hydrogens (tertiary/aromatic N) is 4. The highest BCUT2D eigenvalue weighted by molar-refractivity contribution is 5.59. The largest absolute Gasteiger partial charge is 0.497 e. The summed E-state index contributed by atoms with van der Waals surface area (Å²) in [7, 11) is 3.55. The van der Waals surface area contributed by atoms with E-state index in [1.54, 1.807) is 7.11 Å². The summed E-state index contributed by atoms with van der Waals surface area (Å²) in [6, 6.07) is 7.82. The van der Waals surface area contributed by atoms with Crippen LogP contribution in [0.4, 0.5) is 0 Å². The van der Waals surface area contributed by atoms with Crippen LogP contribution in [0.1, 0.15) is 22.8 Å². The Morgan fingerprint density at radius 3 is 2.45 bits per heavy atom. The Bertz CT molecular complexity index is 787. The molecule has 114 valence electrons. The van der Waals surface area contributed by atoms with Gasteiger partial charge in [0, 0.05) is 12.7 Å². The average molecular weight is 298 g/mol. The number of hydrogen-bond donors (Lipinski definition) is 0. The van der Waals surface area contributed by atoms with Crippen LogP contribution in [0.5, 0.6) is 5.75 Å². The number of rotatable bonds is 4. The molecule has 0 saturated carbocycles. The number of benzene rings is 1. The number of methoxy groups -OCH3 is 1. The summed E-state index contributed by atoms with van der Waals surface area (Å²) in [5.41, 5.74) is 3.91. The fourth-order valence-corrected chi connectivity index (χ4v) is 2.43. The van der Waals surface area contributed by atoms with E-state index in [0.717, 1.165) is 28.3 Å². The summed E-state index contributed by atoms with van der Waals surface area (Å²) in [5.74, 6) is 1.94. The Kier molecular flexibility index (Phi) is 3.66. The first-order valence-electron chi connectivity index (χ1n) is 7.04. The molecule has 2 heterocycles. The van der Waals surface area contributed by atoms with E-state index in [0.29, 0.717) is 18.2 Å². The molecule has 22 heavy (non-hydrogen) atoms. The van der Waals surface area contributed by atoms with Crippen molar-refractivity contribution in [2.45, 2.75) is 20.3 Å². The van der Waals surface area contributed by atoms with E-state index in [9.17, 15) is 0 Å². The van der Waals surface area contributed by atoms with E-state index in [4.69, 9.17) is 9.15 Å². The second-order valence-electron chi connectivity index (χ2n) is 5.20. The molecule has 6 nitrogen and oxygen atoms in total. The van der Waals surface area contributed by atoms with Gasteiger partial charge >= 0.3 is 0 Å². The minimum atomic E-state index is 0.520. The monoisotopic (exact) mass is 298 g/mol. The third-order valence-corrected chi connectivity index (χ3v) is 3.70. The van der Waals surface area contributed by atoms with Crippen LogP contribution in [0.2, 0.25) is 0 Å². The first-order chi connectivity index (χ1) is 10.6. The SMILES string of the molecule is COc1ccc(Cc2nnc(-c3c(C)nn(C)c3C)o2)cc1. The van der Waals surface area contributed by atoms with E-state index in [-0.39, 0.29) is 0 Å². The molecule has 0 aliphatic heterocycles. The molecular weight excluding hydrogens is 280 g/mol. The molecule has 0 amide bonds. The lowest BCUT2D eigenvalue weighted by molar-refractivity contribution is 0.414. The number of ether oxygens (including phenoxy) is 1. The fraction of sp³-hybridized carbons (Fsp3) is 0.312. The third kappa shape index (κ3) is 2.59. The van der Waals surface area contributed by atoms with E-state index < -0.39 is 0 Å². The van der Waals surface area contributed by atoms with Crippen LogP contribution in [0.3, 0.4) is 0 Å². The predicted octanol–water partition coefficient (Wildman–Crippen LogP) is 2.69. The standard InChI is InChI=1S/C16H18N4O2/c1-10-15(11(2)20(3)19-10)16-18-17-14(22-16)9-12-5-7-13(21-4)8-6-12/h5-8H,9H2,1-4H3. The number of hydrogen-bond acceptors (Lipinski definition) is 5. The highest BCUT2D eigenvalue weighted by Crippen LogP contribution is 2.25. The van der Waals surface area contributed by atoms with E-state index >= 15 is 0 Å². The van der Waals surface area contributed by atoms with Crippen LogP contribution in [0, 0.1) is 13.8 Å². The minimum Gasteiger partial charge on any atom is -0.497 e. The maximum Gasteiger partial charge on any atom is 0.251 e. The summed E-state index contributed by atoms with van der Waals surface area (Å²) in [5, 5.41) is 12.7. The van der Waals surface area contributed by atoms with Gasteiger partial charge < -0.3 is 9.15 Å². The number of aromatic nitrogens is 4. The van der Waals surface area contributed by atoms with Crippen molar-refractivity contribution in [3.05, 3.63) is 47.1 Å². The minimum absolute atomic E-state index is 0.520. The number of aryl methyl sites for hydroxylation is 2. The summed E-state index contributed by atoms with van der Waals surface area (Å²) < 4.78 is 12.8. The molecule has 0 fully saturated rings. The molecule has 0 unspecified atom stereocenters. The second kappa shape index (κ2) is 5.63. The molecule has 0 N–H and O–H groups in total. The van der Waals surface area contributed by atoms with Crippen molar-refractivity contribution in [3.8, 4) is 17.2 Å². The molecule has 3 rings (SSSR count). The summed E-state index contributed by atoms with van der Waals surface area (Å²) in [6.07, 6.45) is 0.593. The van der Waals surface area contributed by atoms with Gasteiger partial charge in [-0.1, -0.05) is 12.1 Å². The van der Waals surface area contributed by atoms with Gasteiger partial charge in [0.1, 0.15) is 5.75 Å². The maximum atomic E-state index is 5.80. The highest BCUT2D eigenvalue weighted by Gasteiger charge is 2.17. The Morgan fingerprint density at radius 2 is 1.86 bits per heavy atom. The Hall–Kier alpha value is -2.63. The molecule has 0 atom stereocenters. The van der Waals surface area contributed by atoms with Gasteiger partial charge in [0.25, 0.3) is 5.89 Å². The van der Waals surface area contributed by atoms with Crippen molar-refractivity contribution in [1.82, 2.24) is 20.0 Å². The van der Waals surface area contributed by atoms with Gasteiger partial charge in [0.05, 0.1) is 24.8 Å². The van der Waals surface area contributed by atoms with Gasteiger partial charge in [-0.25, -0.2) is 0 Å². The van der Waals surface area contributed by atoms with Crippen molar-refractivity contribution >= 4 is 0 Å². The van der Waals surface area contributed by atoms with E-state index in [2.05, 4.69) is 15.3 Å². The van der Waals surface area contributed by atoms with Crippen molar-refractivity contribution < 1.29 is 9.15 Å². The van der Waals surface area contributed by atoms with Crippen molar-refractivity contribution in [2.24, 2.45) is 7.05 Å². The Labute approximate surface area is 128 Å². The average Bonchev–Trinajstić information content (AvgIpc) is 3.05. The molecule has 0 saturated heterocycles. The van der Waals surface area contributed by atoms with Crippen LogP contribution < -0.4 is 4.74 Å². The summed E-state index contributed by atoms with van der Waals surface area (Å²) >= 11 is 0. The molecule has 3 aromatic rings. The lowest BCUT2D eigenvalue weighted by atomic mass is 10.1. The van der Waals surface area contributed by atoms with Crippen molar-refractivity contribution in [3.63, 3.8) is 0 Å². The predicted molar refractivity (Wildman–Crippen MR) is 81.8 cm³/mol. The van der Waals surface area contributed by atoms with Gasteiger partial charge in [0.2, 0.25) is 5.89 Å². The Morgan fingerprint density at radius 1 is 1.14 bits per heavy atom. The lowest BCUT2D eigenvalue weighted by Gasteiger charge is -2.00. The second-order valence-corrected chi connectivity index (χ2v) is 5.20. The molecule has 6 heteroatoms. The molecule has 0 spiro atoms. The fourth-order valence-electron chi connectivity index (χ4n) is 2.43. The zero-order chi connectivity index (χ0) is 15.7. The van der Waals surface area contributed by atoms with Crippen molar-refractivity contribution in [1.29, 1.82) is 0 Å². The molecule has 0 aliphatic rings. The van der Waals surface area contributed by atoms with Crippen LogP contribution in [0.15, 0.2) is 28.7 Å². The summed E-state index contributed by atoms with van der Waals surface area (Å²) in [4.78, 5) is 0. The van der Waals surface area contributed by atoms with Gasteiger partial charge in [-0.15, -0.1) is 10.2 Å². The van der Waals surface area contributed by atoms with Crippen LogP contribution in [-0.2, 0) is 13.5 Å². The zero-order valence-electron chi connectivity index (χ0n) is 13.1. The quantitative estimate of drug-likeness (QED) is 0.741. The first kappa shape index (κ1) is 14.3. The molecule has 2 aromatic heterocycles. The van der Waals surface area contributed by atoms with Gasteiger partial charge in [-0.2, -0.15) is 5.10 Å². The molecule has 0 radical (unpaired) electrons. The van der Waals surface area contributed by atoms with Crippen LogP contribution in [0.25, 0.3) is 11.5 Å². The van der Waals surface area contributed by atoms with E-state index in [1.165, 1.54) is 0 Å². The molecule has 0 bridgehead atoms. The molecular formula is C16H18N4O2. The zero-order valence-corrected chi connectivity index (χ0v) is 13.1. The normalized spacial score (nSPS) is 10.9. The first-order valence-corrected chi connectivity index (χ1v) is 7.04. The van der Waals surface area contributed by atoms with E-state index in [1.807, 2.05) is 49.8 Å². The van der Waals surface area contributed by atoms with Crippen LogP contribution >= 0.6 is 0 Å². The topological polar surface area (TPSA) is 66.0 Å². The van der Waals surface area contributed by atoms with Gasteiger partial charge in [0.15, 0.2) is 0 Å². The molecule has 0 aliphatic carbocycles. The smallest absolute Gasteiger partial charge is 0.251 e. The summed E-state index contributed by atoms with van der Waals surface area (Å²) in [6.45, 7) is 3.93. The molecule has 1 aromatic carbocycles. The van der Waals surface area contributed by atoms with Gasteiger partial charge in [-0.3, -0.25) is 4.68 Å². The lowest BCUT2D eigenvalue weighted by Crippen LogP contribution is -1.92. The van der Waals surface area contributed by atoms with Crippen molar-refractivity contribution in [2.75, 3.05) is 7.11 Å².